The van der Waals surface area contributed by atoms with Crippen molar-refractivity contribution in [2.75, 3.05) is 0 Å². The Kier molecular flexibility index (Phi) is 13.9. The average Bonchev–Trinajstić information content (AvgIpc) is 1.53. The lowest BCUT2D eigenvalue weighted by atomic mass is 9.90. The smallest absolute Gasteiger partial charge is 0.308 e. The van der Waals surface area contributed by atoms with Gasteiger partial charge in [-0.25, -0.2) is 0 Å². The van der Waals surface area contributed by atoms with Gasteiger partial charge in [-0.15, -0.1) is 0 Å². The second-order valence-electron chi connectivity index (χ2n) is 23.0. The zero-order valence-corrected chi connectivity index (χ0v) is 50.0. The number of hydrogen-bond acceptors (Lipinski definition) is 6. The van der Waals surface area contributed by atoms with E-state index in [9.17, 15) is 10.5 Å². The molecule has 11 heteroatoms. The Labute approximate surface area is 538 Å². The molecule has 0 spiro atoms. The monoisotopic (exact) mass is 1210 g/mol. The number of nitrogens with zero attached hydrogens (tertiary/aromatic N) is 8. The second kappa shape index (κ2) is 23.2. The van der Waals surface area contributed by atoms with Crippen LogP contribution in [0, 0.1) is 22.7 Å². The molecule has 0 bridgehead atoms. The molecule has 0 radical (unpaired) electrons. The summed E-state index contributed by atoms with van der Waals surface area (Å²) in [6.07, 6.45) is 2.21. The Morgan fingerprint density at radius 3 is 0.989 bits per heavy atom. The summed E-state index contributed by atoms with van der Waals surface area (Å²) >= 11 is 0. The minimum Gasteiger partial charge on any atom is -0.308 e. The van der Waals surface area contributed by atoms with Crippen LogP contribution in [-0.4, -0.2) is 29.1 Å². The Morgan fingerprint density at radius 1 is 0.309 bits per heavy atom. The van der Waals surface area contributed by atoms with E-state index >= 15 is 13.2 Å². The second-order valence-corrected chi connectivity index (χ2v) is 23.0. The number of aromatic nitrogens is 6. The van der Waals surface area contributed by atoms with Gasteiger partial charge in [0.15, 0.2) is 0 Å². The lowest BCUT2D eigenvalue weighted by molar-refractivity contribution is -0.137. The van der Waals surface area contributed by atoms with Crippen LogP contribution in [0.5, 0.6) is 0 Å². The number of rotatable bonds is 11. The number of pyridine rings is 4. The van der Waals surface area contributed by atoms with Crippen LogP contribution in [0.4, 0.5) is 13.2 Å². The maximum absolute atomic E-state index is 15.9. The zero-order valence-electron chi connectivity index (χ0n) is 50.0. The fourth-order valence-electron chi connectivity index (χ4n) is 13.6. The van der Waals surface area contributed by atoms with Gasteiger partial charge < -0.3 is 9.13 Å². The molecule has 8 nitrogen and oxygen atoms in total. The molecular weight excluding hydrogens is 1170 g/mol. The van der Waals surface area contributed by atoms with Crippen LogP contribution in [0.15, 0.2) is 298 Å². The highest BCUT2D eigenvalue weighted by Crippen LogP contribution is 2.49. The maximum atomic E-state index is 15.9. The summed E-state index contributed by atoms with van der Waals surface area (Å²) in [5.74, 6) is 0. The van der Waals surface area contributed by atoms with E-state index in [0.717, 1.165) is 128 Å². The van der Waals surface area contributed by atoms with Crippen LogP contribution < -0.4 is 0 Å². The highest BCUT2D eigenvalue weighted by molar-refractivity contribution is 6.15. The first-order chi connectivity index (χ1) is 46.2. The van der Waals surface area contributed by atoms with Crippen molar-refractivity contribution in [1.82, 2.24) is 29.1 Å². The molecule has 0 saturated carbocycles. The summed E-state index contributed by atoms with van der Waals surface area (Å²) in [5, 5.41) is 26.5. The van der Waals surface area contributed by atoms with Gasteiger partial charge in [0.25, 0.3) is 0 Å². The van der Waals surface area contributed by atoms with Crippen LogP contribution >= 0.6 is 0 Å². The molecule has 0 saturated heterocycles. The lowest BCUT2D eigenvalue weighted by Crippen LogP contribution is -2.11. The van der Waals surface area contributed by atoms with Gasteiger partial charge >= 0.3 is 6.18 Å². The Balaban J connectivity index is 1.01. The van der Waals surface area contributed by atoms with Crippen LogP contribution in [0.1, 0.15) is 16.7 Å². The molecule has 94 heavy (non-hydrogen) atoms. The third-order valence-electron chi connectivity index (χ3n) is 17.7. The number of alkyl halides is 3. The molecule has 10 aromatic carbocycles. The van der Waals surface area contributed by atoms with Crippen LogP contribution in [0.3, 0.4) is 0 Å². The summed E-state index contributed by atoms with van der Waals surface area (Å²) < 4.78 is 51.8. The standard InChI is InChI=1S/C83H49F3N8/c84-83(85,86)71-31-13-26-60(50-87)77(71)65-36-41-76(93-72-37-32-56(61-27-14-42-89-78(61)52-18-5-1-6-19-52)46-66(72)67-47-57(33-38-73(67)93)62-28-15-43-90-79(62)53-20-7-2-8-21-53)70(51-88)82(65)94-74-39-34-58(63-29-16-44-91-80(63)54-22-9-3-10-23-54)48-68(74)69-49-59(35-40-75(69)94)64-30-17-45-92-81(64)55-24-11-4-12-25-55/h1-49H. The van der Waals surface area contributed by atoms with Crippen molar-refractivity contribution in [3.8, 4) is 124 Å². The summed E-state index contributed by atoms with van der Waals surface area (Å²) in [7, 11) is 0. The predicted molar refractivity (Wildman–Crippen MR) is 370 cm³/mol. The minimum absolute atomic E-state index is 0.0364. The highest BCUT2D eigenvalue weighted by Gasteiger charge is 2.37. The Bertz CT molecular complexity index is 5470. The van der Waals surface area contributed by atoms with Gasteiger partial charge in [0.1, 0.15) is 11.6 Å². The van der Waals surface area contributed by atoms with E-state index in [1.165, 1.54) is 12.1 Å². The fourth-order valence-corrected chi connectivity index (χ4v) is 13.6. The lowest BCUT2D eigenvalue weighted by Gasteiger charge is -2.22. The predicted octanol–water partition coefficient (Wildman–Crippen LogP) is 21.2. The zero-order chi connectivity index (χ0) is 63.4. The van der Waals surface area contributed by atoms with Gasteiger partial charge in [0.2, 0.25) is 0 Å². The fraction of sp³-hybridized carbons (Fsp3) is 0.0120. The summed E-state index contributed by atoms with van der Waals surface area (Å²) in [6, 6.07) is 92.2. The largest absolute Gasteiger partial charge is 0.417 e. The van der Waals surface area contributed by atoms with Crippen LogP contribution in [0.2, 0.25) is 0 Å². The summed E-state index contributed by atoms with van der Waals surface area (Å²) in [5.41, 5.74) is 15.6. The molecular formula is C83H49F3N8. The van der Waals surface area contributed by atoms with Crippen molar-refractivity contribution in [3.05, 3.63) is 314 Å². The van der Waals surface area contributed by atoms with Crippen molar-refractivity contribution in [2.45, 2.75) is 6.18 Å². The molecule has 0 amide bonds. The maximum Gasteiger partial charge on any atom is 0.417 e. The molecule has 0 atom stereocenters. The molecule has 0 N–H and O–H groups in total. The van der Waals surface area contributed by atoms with Crippen molar-refractivity contribution < 1.29 is 13.2 Å². The molecule has 6 aromatic heterocycles. The van der Waals surface area contributed by atoms with Crippen molar-refractivity contribution in [2.24, 2.45) is 0 Å². The van der Waals surface area contributed by atoms with Gasteiger partial charge in [-0.05, 0) is 113 Å². The molecule has 0 fully saturated rings. The number of halogens is 3. The number of nitriles is 2. The summed E-state index contributed by atoms with van der Waals surface area (Å²) in [6.45, 7) is 0. The van der Waals surface area contributed by atoms with Gasteiger partial charge in [-0.2, -0.15) is 23.7 Å². The number of fused-ring (bicyclic) bond motifs is 6. The number of benzene rings is 10. The first-order valence-corrected chi connectivity index (χ1v) is 30.6. The molecule has 442 valence electrons. The third kappa shape index (κ3) is 9.63. The number of hydrogen-bond donors (Lipinski definition) is 0. The van der Waals surface area contributed by atoms with E-state index in [1.54, 1.807) is 36.9 Å². The van der Waals surface area contributed by atoms with E-state index in [2.05, 4.69) is 60.7 Å². The quantitative estimate of drug-likeness (QED) is 0.128. The van der Waals surface area contributed by atoms with Gasteiger partial charge in [-0.3, -0.25) is 19.9 Å². The highest BCUT2D eigenvalue weighted by atomic mass is 19.4. The molecule has 0 aliphatic carbocycles. The molecule has 6 heterocycles. The third-order valence-corrected chi connectivity index (χ3v) is 17.7. The van der Waals surface area contributed by atoms with Gasteiger partial charge in [0.05, 0.1) is 73.4 Å². The summed E-state index contributed by atoms with van der Waals surface area (Å²) in [4.78, 5) is 19.6. The molecule has 0 aliphatic heterocycles. The molecule has 16 aromatic rings. The molecule has 16 rings (SSSR count). The van der Waals surface area contributed by atoms with Crippen molar-refractivity contribution >= 4 is 43.6 Å². The Hall–Kier alpha value is -12.8. The van der Waals surface area contributed by atoms with Gasteiger partial charge in [-0.1, -0.05) is 182 Å². The average molecular weight is 1220 g/mol. The van der Waals surface area contributed by atoms with E-state index in [1.807, 2.05) is 203 Å². The van der Waals surface area contributed by atoms with E-state index in [4.69, 9.17) is 19.9 Å². The molecule has 0 aliphatic rings. The van der Waals surface area contributed by atoms with Crippen molar-refractivity contribution in [3.63, 3.8) is 0 Å². The SMILES string of the molecule is N#Cc1cccc(C(F)(F)F)c1-c1ccc(-n2c3ccc(-c4cccnc4-c4ccccc4)cc3c3cc(-c4cccnc4-c4ccccc4)ccc32)c(C#N)c1-n1c2ccc(-c3cccnc3-c3ccccc3)cc2c2cc(-c3cccnc3-c3ccccc3)ccc21. The Morgan fingerprint density at radius 2 is 0.660 bits per heavy atom. The van der Waals surface area contributed by atoms with E-state index in [0.29, 0.717) is 16.7 Å². The normalized spacial score (nSPS) is 11.5. The first-order valence-electron chi connectivity index (χ1n) is 30.6. The topological polar surface area (TPSA) is 109 Å². The van der Waals surface area contributed by atoms with Gasteiger partial charge in [0, 0.05) is 102 Å². The van der Waals surface area contributed by atoms with E-state index < -0.39 is 11.7 Å². The molecule has 0 unspecified atom stereocenters. The van der Waals surface area contributed by atoms with Crippen molar-refractivity contribution in [1.29, 1.82) is 10.5 Å². The van der Waals surface area contributed by atoms with Crippen LogP contribution in [0.25, 0.3) is 156 Å². The minimum atomic E-state index is -4.92. The first kappa shape index (κ1) is 56.4. The van der Waals surface area contributed by atoms with E-state index in [-0.39, 0.29) is 27.9 Å². The van der Waals surface area contributed by atoms with Crippen LogP contribution in [-0.2, 0) is 6.18 Å².